The number of hydrogen-bond donors (Lipinski definition) is 1. The van der Waals surface area contributed by atoms with Gasteiger partial charge in [0.05, 0.1) is 0 Å². The Morgan fingerprint density at radius 1 is 1.05 bits per heavy atom. The normalized spacial score (nSPS) is 19.1. The van der Waals surface area contributed by atoms with Gasteiger partial charge in [-0.1, -0.05) is 43.5 Å². The molecule has 19 heavy (non-hydrogen) atoms. The van der Waals surface area contributed by atoms with Crippen LogP contribution in [0.25, 0.3) is 0 Å². The molecule has 0 spiro atoms. The average Bonchev–Trinajstić information content (AvgIpc) is 2.88. The van der Waals surface area contributed by atoms with Gasteiger partial charge in [-0.2, -0.15) is 5.10 Å². The molecule has 3 nitrogen and oxygen atoms in total. The first-order valence-corrected chi connectivity index (χ1v) is 7.25. The fraction of sp³-hybridized carbons (Fsp3) is 0.500. The van der Waals surface area contributed by atoms with Gasteiger partial charge >= 0.3 is 0 Å². The van der Waals surface area contributed by atoms with Crippen molar-refractivity contribution in [2.75, 3.05) is 0 Å². The van der Waals surface area contributed by atoms with Crippen LogP contribution in [0, 0.1) is 5.92 Å². The minimum atomic E-state index is 0.114. The van der Waals surface area contributed by atoms with Crippen molar-refractivity contribution in [3.63, 3.8) is 0 Å². The van der Waals surface area contributed by atoms with Crippen molar-refractivity contribution in [3.8, 4) is 0 Å². The molecule has 1 saturated carbocycles. The fourth-order valence-corrected chi connectivity index (χ4v) is 3.07. The van der Waals surface area contributed by atoms with Crippen LogP contribution < -0.4 is 5.43 Å². The zero-order valence-corrected chi connectivity index (χ0v) is 11.2. The van der Waals surface area contributed by atoms with Gasteiger partial charge in [-0.25, -0.2) is 5.43 Å². The summed E-state index contributed by atoms with van der Waals surface area (Å²) in [6, 6.07) is 8.40. The number of rotatable bonds is 2. The maximum atomic E-state index is 12.0. The van der Waals surface area contributed by atoms with Gasteiger partial charge in [0.15, 0.2) is 0 Å². The maximum Gasteiger partial charge on any atom is 0.243 e. The largest absolute Gasteiger partial charge is 0.273 e. The minimum Gasteiger partial charge on any atom is -0.273 e. The first kappa shape index (κ1) is 12.4. The second-order valence-electron chi connectivity index (χ2n) is 5.61. The van der Waals surface area contributed by atoms with Gasteiger partial charge in [-0.15, -0.1) is 0 Å². The summed E-state index contributed by atoms with van der Waals surface area (Å²) >= 11 is 0. The lowest BCUT2D eigenvalue weighted by atomic mass is 9.89. The van der Waals surface area contributed by atoms with E-state index in [1.54, 1.807) is 0 Å². The van der Waals surface area contributed by atoms with Crippen LogP contribution in [-0.4, -0.2) is 11.6 Å². The van der Waals surface area contributed by atoms with E-state index in [0.717, 1.165) is 31.4 Å². The molecule has 2 aliphatic rings. The molecule has 3 heteroatoms. The second kappa shape index (κ2) is 5.55. The maximum absolute atomic E-state index is 12.0. The van der Waals surface area contributed by atoms with Crippen molar-refractivity contribution >= 4 is 11.6 Å². The monoisotopic (exact) mass is 256 g/mol. The van der Waals surface area contributed by atoms with E-state index >= 15 is 0 Å². The van der Waals surface area contributed by atoms with Crippen molar-refractivity contribution in [2.24, 2.45) is 11.0 Å². The molecule has 1 N–H and O–H groups in total. The van der Waals surface area contributed by atoms with E-state index in [4.69, 9.17) is 0 Å². The van der Waals surface area contributed by atoms with Crippen molar-refractivity contribution in [1.29, 1.82) is 0 Å². The summed E-state index contributed by atoms with van der Waals surface area (Å²) in [4.78, 5) is 12.0. The van der Waals surface area contributed by atoms with E-state index in [0.29, 0.717) is 0 Å². The van der Waals surface area contributed by atoms with E-state index in [1.807, 2.05) is 0 Å². The Kier molecular flexibility index (Phi) is 3.62. The first-order valence-electron chi connectivity index (χ1n) is 7.25. The molecule has 1 aromatic rings. The van der Waals surface area contributed by atoms with Gasteiger partial charge in [0.1, 0.15) is 0 Å². The molecule has 0 unspecified atom stereocenters. The van der Waals surface area contributed by atoms with Gasteiger partial charge in [0.25, 0.3) is 0 Å². The van der Waals surface area contributed by atoms with Crippen molar-refractivity contribution in [1.82, 2.24) is 5.43 Å². The molecule has 1 amide bonds. The van der Waals surface area contributed by atoms with Crippen LogP contribution in [0.5, 0.6) is 0 Å². The molecule has 0 bridgehead atoms. The second-order valence-corrected chi connectivity index (χ2v) is 5.61. The molecule has 0 radical (unpaired) electrons. The number of nitrogens with one attached hydrogen (secondary N) is 1. The quantitative estimate of drug-likeness (QED) is 0.812. The Bertz CT molecular complexity index is 474. The number of fused-ring (bicyclic) bond motifs is 1. The average molecular weight is 256 g/mol. The van der Waals surface area contributed by atoms with Crippen LogP contribution in [0.3, 0.4) is 0 Å². The van der Waals surface area contributed by atoms with Crippen molar-refractivity contribution in [2.45, 2.75) is 44.9 Å². The van der Waals surface area contributed by atoms with E-state index in [1.165, 1.54) is 30.4 Å². The summed E-state index contributed by atoms with van der Waals surface area (Å²) in [6.07, 6.45) is 7.43. The molecular weight excluding hydrogens is 236 g/mol. The highest BCUT2D eigenvalue weighted by molar-refractivity contribution is 5.93. The van der Waals surface area contributed by atoms with E-state index < -0.39 is 0 Å². The number of carbonyl (C=O) groups excluding carboxylic acids is 1. The van der Waals surface area contributed by atoms with E-state index in [2.05, 4.69) is 34.8 Å². The van der Waals surface area contributed by atoms with Crippen LogP contribution in [-0.2, 0) is 17.6 Å². The third-order valence-electron chi connectivity index (χ3n) is 4.21. The number of amides is 1. The minimum absolute atomic E-state index is 0.114. The molecule has 0 aromatic heterocycles. The molecule has 0 aliphatic heterocycles. The van der Waals surface area contributed by atoms with Gasteiger partial charge in [0, 0.05) is 24.5 Å². The van der Waals surface area contributed by atoms with Crippen LogP contribution in [0.15, 0.2) is 29.4 Å². The predicted octanol–water partition coefficient (Wildman–Crippen LogP) is 2.84. The topological polar surface area (TPSA) is 41.5 Å². The Labute approximate surface area is 114 Å². The first-order chi connectivity index (χ1) is 9.33. The van der Waals surface area contributed by atoms with Gasteiger partial charge < -0.3 is 0 Å². The number of carbonyl (C=O) groups is 1. The number of hydrazone groups is 1. The lowest BCUT2D eigenvalue weighted by Gasteiger charge is -2.19. The summed E-state index contributed by atoms with van der Waals surface area (Å²) < 4.78 is 0. The molecule has 0 heterocycles. The van der Waals surface area contributed by atoms with Crippen LogP contribution in [0.2, 0.25) is 0 Å². The summed E-state index contributed by atoms with van der Waals surface area (Å²) in [5, 5.41) is 4.33. The predicted molar refractivity (Wildman–Crippen MR) is 76.0 cm³/mol. The summed E-state index contributed by atoms with van der Waals surface area (Å²) in [5.41, 5.74) is 6.53. The van der Waals surface area contributed by atoms with Crippen LogP contribution in [0.1, 0.15) is 43.2 Å². The molecule has 100 valence electrons. The van der Waals surface area contributed by atoms with Crippen LogP contribution >= 0.6 is 0 Å². The molecule has 0 atom stereocenters. The summed E-state index contributed by atoms with van der Waals surface area (Å²) in [7, 11) is 0. The van der Waals surface area contributed by atoms with Gasteiger partial charge in [-0.05, 0) is 24.0 Å². The highest BCUT2D eigenvalue weighted by Gasteiger charge is 2.21. The lowest BCUT2D eigenvalue weighted by molar-refractivity contribution is -0.125. The lowest BCUT2D eigenvalue weighted by Crippen LogP contribution is -2.29. The number of hydrogen-bond acceptors (Lipinski definition) is 2. The molecular formula is C16H20N2O. The zero-order chi connectivity index (χ0) is 13.1. The SMILES string of the molecule is O=C(NN=C1Cc2ccccc2C1)C1CCCCC1. The number of nitrogens with zero attached hydrogens (tertiary/aromatic N) is 1. The molecule has 1 aromatic carbocycles. The third-order valence-corrected chi connectivity index (χ3v) is 4.21. The fourth-order valence-electron chi connectivity index (χ4n) is 3.07. The van der Waals surface area contributed by atoms with E-state index in [-0.39, 0.29) is 11.8 Å². The Hall–Kier alpha value is -1.64. The highest BCUT2D eigenvalue weighted by Crippen LogP contribution is 2.24. The number of benzene rings is 1. The van der Waals surface area contributed by atoms with Gasteiger partial charge in [0.2, 0.25) is 5.91 Å². The molecule has 1 fully saturated rings. The van der Waals surface area contributed by atoms with Crippen LogP contribution in [0.4, 0.5) is 0 Å². The smallest absolute Gasteiger partial charge is 0.243 e. The van der Waals surface area contributed by atoms with Crippen molar-refractivity contribution in [3.05, 3.63) is 35.4 Å². The summed E-state index contributed by atoms with van der Waals surface area (Å²) in [5.74, 6) is 0.296. The van der Waals surface area contributed by atoms with Crippen molar-refractivity contribution < 1.29 is 4.79 Å². The molecule has 2 aliphatic carbocycles. The molecule has 3 rings (SSSR count). The summed E-state index contributed by atoms with van der Waals surface area (Å²) in [6.45, 7) is 0. The van der Waals surface area contributed by atoms with E-state index in [9.17, 15) is 4.79 Å². The molecule has 0 saturated heterocycles. The van der Waals surface area contributed by atoms with Gasteiger partial charge in [-0.3, -0.25) is 4.79 Å². The Morgan fingerprint density at radius 3 is 2.32 bits per heavy atom. The third kappa shape index (κ3) is 2.86. The standard InChI is InChI=1S/C16H20N2O/c19-16(12-6-2-1-3-7-12)18-17-15-10-13-8-4-5-9-14(13)11-15/h4-5,8-9,12H,1-3,6-7,10-11H2,(H,18,19). The highest BCUT2D eigenvalue weighted by atomic mass is 16.2. The zero-order valence-electron chi connectivity index (χ0n) is 11.2. The Balaban J connectivity index is 1.58. The Morgan fingerprint density at radius 2 is 1.68 bits per heavy atom.